The molecule has 0 aliphatic heterocycles. The molecular weight excluding hydrogens is 260 g/mol. The van der Waals surface area contributed by atoms with E-state index in [4.69, 9.17) is 10.5 Å². The van der Waals surface area contributed by atoms with E-state index in [-0.39, 0.29) is 5.97 Å². The van der Waals surface area contributed by atoms with Crippen LogP contribution < -0.4 is 5.73 Å². The number of carbonyl (C=O) groups excluding carboxylic acids is 1. The number of nitrogens with zero attached hydrogens (tertiary/aromatic N) is 1. The van der Waals surface area contributed by atoms with Gasteiger partial charge in [0.25, 0.3) is 0 Å². The highest BCUT2D eigenvalue weighted by Crippen LogP contribution is 2.30. The molecule has 19 heavy (non-hydrogen) atoms. The summed E-state index contributed by atoms with van der Waals surface area (Å²) in [5.41, 5.74) is 7.03. The van der Waals surface area contributed by atoms with E-state index in [1.54, 1.807) is 19.1 Å². The highest BCUT2D eigenvalue weighted by molar-refractivity contribution is 7.99. The van der Waals surface area contributed by atoms with Crippen LogP contribution in [0.15, 0.2) is 52.5 Å². The van der Waals surface area contributed by atoms with Crippen molar-refractivity contribution in [3.63, 3.8) is 0 Å². The summed E-state index contributed by atoms with van der Waals surface area (Å²) in [7, 11) is 0. The number of pyridine rings is 1. The molecule has 0 radical (unpaired) electrons. The highest BCUT2D eigenvalue weighted by atomic mass is 32.2. The van der Waals surface area contributed by atoms with Gasteiger partial charge < -0.3 is 10.5 Å². The Balaban J connectivity index is 2.11. The van der Waals surface area contributed by atoms with Crippen LogP contribution >= 0.6 is 11.8 Å². The summed E-state index contributed by atoms with van der Waals surface area (Å²) in [6, 6.07) is 11.1. The van der Waals surface area contributed by atoms with Gasteiger partial charge in [0.1, 0.15) is 5.03 Å². The maximum atomic E-state index is 11.5. The second kappa shape index (κ2) is 6.24. The molecule has 0 bridgehead atoms. The van der Waals surface area contributed by atoms with E-state index < -0.39 is 0 Å². The highest BCUT2D eigenvalue weighted by Gasteiger charge is 2.07. The first-order chi connectivity index (χ1) is 9.20. The number of nitrogens with two attached hydrogens (primary N) is 1. The minimum atomic E-state index is -0.356. The molecule has 1 aromatic heterocycles. The quantitative estimate of drug-likeness (QED) is 0.686. The van der Waals surface area contributed by atoms with Gasteiger partial charge in [-0.1, -0.05) is 23.9 Å². The molecule has 98 valence electrons. The van der Waals surface area contributed by atoms with Gasteiger partial charge in [-0.15, -0.1) is 0 Å². The Morgan fingerprint density at radius 2 is 2.11 bits per heavy atom. The van der Waals surface area contributed by atoms with Crippen molar-refractivity contribution < 1.29 is 9.53 Å². The van der Waals surface area contributed by atoms with Crippen LogP contribution in [0, 0.1) is 0 Å². The molecule has 0 aliphatic rings. The van der Waals surface area contributed by atoms with Crippen LogP contribution in [0.1, 0.15) is 17.3 Å². The summed E-state index contributed by atoms with van der Waals surface area (Å²) < 4.78 is 4.90. The molecule has 1 aromatic carbocycles. The van der Waals surface area contributed by atoms with Gasteiger partial charge in [0.15, 0.2) is 0 Å². The number of nitrogen functional groups attached to an aromatic ring is 1. The van der Waals surface area contributed by atoms with Crippen LogP contribution in [0.3, 0.4) is 0 Å². The van der Waals surface area contributed by atoms with Crippen molar-refractivity contribution in [2.45, 2.75) is 16.8 Å². The molecule has 0 amide bonds. The third-order valence-corrected chi connectivity index (χ3v) is 3.42. The van der Waals surface area contributed by atoms with E-state index in [1.807, 2.05) is 24.3 Å². The average Bonchev–Trinajstić information content (AvgIpc) is 2.42. The van der Waals surface area contributed by atoms with Crippen molar-refractivity contribution in [3.05, 3.63) is 48.2 Å². The molecule has 0 fully saturated rings. The summed E-state index contributed by atoms with van der Waals surface area (Å²) in [6.07, 6.45) is 1.51. The van der Waals surface area contributed by atoms with Crippen molar-refractivity contribution in [1.29, 1.82) is 0 Å². The number of anilines is 1. The molecule has 1 heterocycles. The standard InChI is InChI=1S/C14H14N2O2S/c1-2-18-14(17)10-7-8-13(16-9-10)19-12-6-4-3-5-11(12)15/h3-9H,2,15H2,1H3. The Hall–Kier alpha value is -2.01. The fourth-order valence-electron chi connectivity index (χ4n) is 1.46. The van der Waals surface area contributed by atoms with Crippen LogP contribution in [0.2, 0.25) is 0 Å². The molecule has 4 nitrogen and oxygen atoms in total. The fourth-order valence-corrected chi connectivity index (χ4v) is 2.26. The Morgan fingerprint density at radius 1 is 1.32 bits per heavy atom. The zero-order valence-corrected chi connectivity index (χ0v) is 11.3. The molecule has 0 saturated heterocycles. The number of hydrogen-bond acceptors (Lipinski definition) is 5. The van der Waals surface area contributed by atoms with Crippen molar-refractivity contribution in [2.24, 2.45) is 0 Å². The average molecular weight is 274 g/mol. The fraction of sp³-hybridized carbons (Fsp3) is 0.143. The molecule has 0 atom stereocenters. The number of ether oxygens (including phenoxy) is 1. The summed E-state index contributed by atoms with van der Waals surface area (Å²) in [5, 5.41) is 0.783. The van der Waals surface area contributed by atoms with Crippen molar-refractivity contribution in [1.82, 2.24) is 4.98 Å². The minimum Gasteiger partial charge on any atom is -0.462 e. The molecule has 2 rings (SSSR count). The lowest BCUT2D eigenvalue weighted by Crippen LogP contribution is -2.04. The summed E-state index contributed by atoms with van der Waals surface area (Å²) >= 11 is 1.46. The second-order valence-corrected chi connectivity index (χ2v) is 4.81. The zero-order valence-electron chi connectivity index (χ0n) is 10.5. The van der Waals surface area contributed by atoms with Crippen LogP contribution in [-0.2, 0) is 4.74 Å². The maximum absolute atomic E-state index is 11.5. The van der Waals surface area contributed by atoms with E-state index in [2.05, 4.69) is 4.98 Å². The van der Waals surface area contributed by atoms with Gasteiger partial charge in [-0.25, -0.2) is 9.78 Å². The molecule has 5 heteroatoms. The van der Waals surface area contributed by atoms with Crippen molar-refractivity contribution in [2.75, 3.05) is 12.3 Å². The number of carbonyl (C=O) groups is 1. The van der Waals surface area contributed by atoms with Crippen LogP contribution in [0.5, 0.6) is 0 Å². The van der Waals surface area contributed by atoms with Gasteiger partial charge in [-0.3, -0.25) is 0 Å². The van der Waals surface area contributed by atoms with Gasteiger partial charge in [0.05, 0.1) is 12.2 Å². The lowest BCUT2D eigenvalue weighted by molar-refractivity contribution is 0.0525. The van der Waals surface area contributed by atoms with Gasteiger partial charge in [-0.2, -0.15) is 0 Å². The number of hydrogen-bond donors (Lipinski definition) is 1. The SMILES string of the molecule is CCOC(=O)c1ccc(Sc2ccccc2N)nc1. The van der Waals surface area contributed by atoms with Gasteiger partial charge in [0, 0.05) is 16.8 Å². The number of aromatic nitrogens is 1. The second-order valence-electron chi connectivity index (χ2n) is 3.75. The molecule has 0 aliphatic carbocycles. The number of rotatable bonds is 4. The van der Waals surface area contributed by atoms with Crippen LogP contribution in [0.4, 0.5) is 5.69 Å². The van der Waals surface area contributed by atoms with E-state index in [0.29, 0.717) is 17.9 Å². The molecule has 2 aromatic rings. The summed E-state index contributed by atoms with van der Waals surface area (Å²) in [4.78, 5) is 16.6. The Labute approximate surface area is 116 Å². The maximum Gasteiger partial charge on any atom is 0.339 e. The van der Waals surface area contributed by atoms with Crippen molar-refractivity contribution in [3.8, 4) is 0 Å². The summed E-state index contributed by atoms with van der Waals surface area (Å²) in [6.45, 7) is 2.13. The third-order valence-electron chi connectivity index (χ3n) is 2.38. The van der Waals surface area contributed by atoms with Crippen molar-refractivity contribution >= 4 is 23.4 Å². The largest absolute Gasteiger partial charge is 0.462 e. The van der Waals surface area contributed by atoms with Crippen LogP contribution in [-0.4, -0.2) is 17.6 Å². The predicted molar refractivity (Wildman–Crippen MR) is 75.2 cm³/mol. The van der Waals surface area contributed by atoms with Gasteiger partial charge in [0.2, 0.25) is 0 Å². The Kier molecular flexibility index (Phi) is 4.41. The first-order valence-electron chi connectivity index (χ1n) is 5.86. The van der Waals surface area contributed by atoms with Crippen LogP contribution in [0.25, 0.3) is 0 Å². The topological polar surface area (TPSA) is 65.2 Å². The zero-order chi connectivity index (χ0) is 13.7. The first-order valence-corrected chi connectivity index (χ1v) is 6.68. The van der Waals surface area contributed by atoms with E-state index in [1.165, 1.54) is 18.0 Å². The lowest BCUT2D eigenvalue weighted by Gasteiger charge is -2.05. The normalized spacial score (nSPS) is 10.2. The molecule has 0 unspecified atom stereocenters. The Morgan fingerprint density at radius 3 is 2.74 bits per heavy atom. The smallest absolute Gasteiger partial charge is 0.339 e. The molecule has 2 N–H and O–H groups in total. The van der Waals surface area contributed by atoms with E-state index in [9.17, 15) is 4.79 Å². The van der Waals surface area contributed by atoms with E-state index in [0.717, 1.165) is 9.92 Å². The predicted octanol–water partition coefficient (Wildman–Crippen LogP) is 2.99. The first kappa shape index (κ1) is 13.4. The summed E-state index contributed by atoms with van der Waals surface area (Å²) in [5.74, 6) is -0.356. The number of esters is 1. The minimum absolute atomic E-state index is 0.356. The van der Waals surface area contributed by atoms with E-state index >= 15 is 0 Å². The number of benzene rings is 1. The van der Waals surface area contributed by atoms with Gasteiger partial charge in [-0.05, 0) is 31.2 Å². The molecular formula is C14H14N2O2S. The molecule has 0 spiro atoms. The van der Waals surface area contributed by atoms with Gasteiger partial charge >= 0.3 is 5.97 Å². The Bertz CT molecular complexity index is 570. The third kappa shape index (κ3) is 3.48. The lowest BCUT2D eigenvalue weighted by atomic mass is 10.3. The molecule has 0 saturated carbocycles. The number of para-hydroxylation sites is 1. The monoisotopic (exact) mass is 274 g/mol.